The van der Waals surface area contributed by atoms with Crippen LogP contribution in [0.5, 0.6) is 0 Å². The first-order chi connectivity index (χ1) is 13.3. The van der Waals surface area contributed by atoms with Gasteiger partial charge in [0.15, 0.2) is 0 Å². The van der Waals surface area contributed by atoms with Gasteiger partial charge in [-0.05, 0) is 54.0 Å². The molecule has 0 aliphatic carbocycles. The molecular formula is C20H23N5OS. The Morgan fingerprint density at radius 2 is 1.96 bits per heavy atom. The van der Waals surface area contributed by atoms with Gasteiger partial charge in [0.05, 0.1) is 11.0 Å². The lowest BCUT2D eigenvalue weighted by Gasteiger charge is -2.21. The highest BCUT2D eigenvalue weighted by Gasteiger charge is 2.14. The molecule has 0 saturated carbocycles. The summed E-state index contributed by atoms with van der Waals surface area (Å²) in [7, 11) is 0. The third-order valence-electron chi connectivity index (χ3n) is 4.85. The van der Waals surface area contributed by atoms with Crippen LogP contribution in [0.2, 0.25) is 0 Å². The Bertz CT molecular complexity index is 902. The van der Waals surface area contributed by atoms with E-state index in [1.54, 1.807) is 12.5 Å². The Balaban J connectivity index is 1.31. The number of hydrogen-bond donors (Lipinski definition) is 2. The molecule has 1 saturated heterocycles. The third kappa shape index (κ3) is 4.42. The normalized spacial score (nSPS) is 15.0. The maximum absolute atomic E-state index is 12.0. The zero-order valence-corrected chi connectivity index (χ0v) is 15.9. The molecule has 27 heavy (non-hydrogen) atoms. The van der Waals surface area contributed by atoms with Crippen LogP contribution < -0.4 is 10.6 Å². The third-order valence-corrected chi connectivity index (χ3v) is 5.90. The highest BCUT2D eigenvalue weighted by molar-refractivity contribution is 7.99. The lowest BCUT2D eigenvalue weighted by atomic mass is 10.0. The molecule has 3 aromatic rings. The number of nitrogens with zero attached hydrogens (tertiary/aromatic N) is 3. The zero-order chi connectivity index (χ0) is 18.5. The molecule has 1 aliphatic rings. The van der Waals surface area contributed by atoms with Gasteiger partial charge in [0.25, 0.3) is 0 Å². The summed E-state index contributed by atoms with van der Waals surface area (Å²) in [6.07, 6.45) is 5.96. The highest BCUT2D eigenvalue weighted by Crippen LogP contribution is 2.21. The molecule has 6 nitrogen and oxygen atoms in total. The van der Waals surface area contributed by atoms with Gasteiger partial charge in [0, 0.05) is 19.3 Å². The average Bonchev–Trinajstić information content (AvgIpc) is 3.16. The van der Waals surface area contributed by atoms with Crippen molar-refractivity contribution in [3.8, 4) is 5.82 Å². The van der Waals surface area contributed by atoms with Gasteiger partial charge in [0.1, 0.15) is 12.1 Å². The van der Waals surface area contributed by atoms with Crippen molar-refractivity contribution >= 4 is 28.8 Å². The number of nitrogens with one attached hydrogen (secondary N) is 2. The number of para-hydroxylation sites is 2. The number of carbonyl (C=O) groups is 1. The smallest absolute Gasteiger partial charge is 0.315 e. The van der Waals surface area contributed by atoms with Crippen LogP contribution in [-0.2, 0) is 6.54 Å². The summed E-state index contributed by atoms with van der Waals surface area (Å²) in [6, 6.07) is 11.8. The van der Waals surface area contributed by atoms with E-state index in [0.29, 0.717) is 12.5 Å². The lowest BCUT2D eigenvalue weighted by Crippen LogP contribution is -2.38. The number of thioether (sulfide) groups is 1. The number of hydrogen-bond acceptors (Lipinski definition) is 4. The van der Waals surface area contributed by atoms with Gasteiger partial charge in [0.2, 0.25) is 0 Å². The number of fused-ring (bicyclic) bond motifs is 1. The van der Waals surface area contributed by atoms with Crippen LogP contribution in [0.3, 0.4) is 0 Å². The molecule has 2 N–H and O–H groups in total. The lowest BCUT2D eigenvalue weighted by molar-refractivity contribution is 0.238. The number of amides is 2. The largest absolute Gasteiger partial charge is 0.338 e. The number of aromatic nitrogens is 3. The van der Waals surface area contributed by atoms with Gasteiger partial charge < -0.3 is 10.6 Å². The van der Waals surface area contributed by atoms with E-state index in [1.165, 1.54) is 24.3 Å². The Hall–Kier alpha value is -2.54. The summed E-state index contributed by atoms with van der Waals surface area (Å²) in [5, 5.41) is 5.89. The topological polar surface area (TPSA) is 71.8 Å². The first-order valence-corrected chi connectivity index (χ1v) is 10.4. The maximum Gasteiger partial charge on any atom is 0.315 e. The van der Waals surface area contributed by atoms with Crippen molar-refractivity contribution in [2.45, 2.75) is 19.4 Å². The van der Waals surface area contributed by atoms with Crippen LogP contribution >= 0.6 is 11.8 Å². The van der Waals surface area contributed by atoms with Crippen molar-refractivity contribution in [3.05, 3.63) is 54.5 Å². The van der Waals surface area contributed by atoms with Crippen LogP contribution in [0, 0.1) is 5.92 Å². The minimum Gasteiger partial charge on any atom is -0.338 e. The van der Waals surface area contributed by atoms with Crippen molar-refractivity contribution < 1.29 is 4.79 Å². The molecular weight excluding hydrogens is 358 g/mol. The predicted octanol–water partition coefficient (Wildman–Crippen LogP) is 3.36. The number of rotatable bonds is 5. The molecule has 1 aliphatic heterocycles. The molecule has 1 fully saturated rings. The summed E-state index contributed by atoms with van der Waals surface area (Å²) in [4.78, 5) is 20.9. The number of benzene rings is 1. The van der Waals surface area contributed by atoms with Crippen molar-refractivity contribution in [3.63, 3.8) is 0 Å². The molecule has 0 radical (unpaired) electrons. The number of imidazole rings is 1. The highest BCUT2D eigenvalue weighted by atomic mass is 32.2. The second kappa shape index (κ2) is 8.43. The molecule has 0 spiro atoms. The van der Waals surface area contributed by atoms with E-state index < -0.39 is 0 Å². The Kier molecular flexibility index (Phi) is 5.58. The molecule has 2 aromatic heterocycles. The number of carbonyl (C=O) groups excluding carboxylic acids is 1. The van der Waals surface area contributed by atoms with Gasteiger partial charge in [-0.25, -0.2) is 14.8 Å². The SMILES string of the molecule is O=C(NCc1ccc(-n2cnc3ccccc32)nc1)NCC1CCSCC1. The zero-order valence-electron chi connectivity index (χ0n) is 15.1. The molecule has 3 heterocycles. The molecule has 2 amide bonds. The molecule has 4 rings (SSSR count). The van der Waals surface area contributed by atoms with E-state index in [2.05, 4.69) is 20.6 Å². The summed E-state index contributed by atoms with van der Waals surface area (Å²) in [5.74, 6) is 3.84. The van der Waals surface area contributed by atoms with Crippen LogP contribution in [0.4, 0.5) is 4.79 Å². The van der Waals surface area contributed by atoms with Gasteiger partial charge >= 0.3 is 6.03 Å². The fourth-order valence-electron chi connectivity index (χ4n) is 3.24. The molecule has 0 unspecified atom stereocenters. The number of urea groups is 1. The van der Waals surface area contributed by atoms with Crippen molar-refractivity contribution in [1.82, 2.24) is 25.2 Å². The molecule has 0 atom stereocenters. The predicted molar refractivity (Wildman–Crippen MR) is 109 cm³/mol. The van der Waals surface area contributed by atoms with E-state index in [4.69, 9.17) is 0 Å². The summed E-state index contributed by atoms with van der Waals surface area (Å²) in [5.41, 5.74) is 2.93. The van der Waals surface area contributed by atoms with E-state index in [0.717, 1.165) is 29.0 Å². The Morgan fingerprint density at radius 3 is 2.78 bits per heavy atom. The summed E-state index contributed by atoms with van der Waals surface area (Å²) >= 11 is 2.00. The molecule has 7 heteroatoms. The van der Waals surface area contributed by atoms with Crippen LogP contribution in [0.1, 0.15) is 18.4 Å². The van der Waals surface area contributed by atoms with Crippen LogP contribution in [0.25, 0.3) is 16.9 Å². The first-order valence-electron chi connectivity index (χ1n) is 9.26. The van der Waals surface area contributed by atoms with E-state index >= 15 is 0 Å². The molecule has 140 valence electrons. The number of pyridine rings is 1. The van der Waals surface area contributed by atoms with Gasteiger partial charge in [-0.1, -0.05) is 18.2 Å². The fourth-order valence-corrected chi connectivity index (χ4v) is 4.44. The minimum absolute atomic E-state index is 0.113. The Morgan fingerprint density at radius 1 is 1.11 bits per heavy atom. The fraction of sp³-hybridized carbons (Fsp3) is 0.350. The van der Waals surface area contributed by atoms with E-state index in [1.807, 2.05) is 52.7 Å². The van der Waals surface area contributed by atoms with Crippen LogP contribution in [0.15, 0.2) is 48.9 Å². The second-order valence-electron chi connectivity index (χ2n) is 6.75. The Labute approximate surface area is 162 Å². The summed E-state index contributed by atoms with van der Waals surface area (Å²) < 4.78 is 1.96. The van der Waals surface area contributed by atoms with Gasteiger partial charge in [-0.3, -0.25) is 4.57 Å². The van der Waals surface area contributed by atoms with E-state index in [-0.39, 0.29) is 6.03 Å². The van der Waals surface area contributed by atoms with Crippen molar-refractivity contribution in [1.29, 1.82) is 0 Å². The van der Waals surface area contributed by atoms with Gasteiger partial charge in [-0.2, -0.15) is 11.8 Å². The van der Waals surface area contributed by atoms with Gasteiger partial charge in [-0.15, -0.1) is 0 Å². The standard InChI is InChI=1S/C20H23N5OS/c26-20(22-11-15-7-9-27-10-8-15)23-13-16-5-6-19(21-12-16)25-14-24-17-3-1-2-4-18(17)25/h1-6,12,14-15H,7-11,13H2,(H2,22,23,26). The van der Waals surface area contributed by atoms with Crippen molar-refractivity contribution in [2.75, 3.05) is 18.1 Å². The minimum atomic E-state index is -0.113. The molecule has 1 aromatic carbocycles. The second-order valence-corrected chi connectivity index (χ2v) is 7.97. The molecule has 0 bridgehead atoms. The van der Waals surface area contributed by atoms with E-state index in [9.17, 15) is 4.79 Å². The quantitative estimate of drug-likeness (QED) is 0.711. The van der Waals surface area contributed by atoms with Crippen LogP contribution in [-0.4, -0.2) is 38.6 Å². The van der Waals surface area contributed by atoms with Crippen molar-refractivity contribution in [2.24, 2.45) is 5.92 Å². The average molecular weight is 382 g/mol. The summed E-state index contributed by atoms with van der Waals surface area (Å²) in [6.45, 7) is 1.22. The first kappa shape index (κ1) is 17.9. The monoisotopic (exact) mass is 381 g/mol. The maximum atomic E-state index is 12.0.